The minimum absolute atomic E-state index is 0.331. The zero-order valence-corrected chi connectivity index (χ0v) is 11.8. The fourth-order valence-electron chi connectivity index (χ4n) is 2.62. The first-order valence-corrected chi connectivity index (χ1v) is 7.18. The molecule has 20 heavy (non-hydrogen) atoms. The molecule has 1 aromatic carbocycles. The number of anilines is 1. The summed E-state index contributed by atoms with van der Waals surface area (Å²) in [5, 5.41) is 7.38. The van der Waals surface area contributed by atoms with Crippen molar-refractivity contribution in [3.05, 3.63) is 41.2 Å². The van der Waals surface area contributed by atoms with Crippen molar-refractivity contribution >= 4 is 5.95 Å². The summed E-state index contributed by atoms with van der Waals surface area (Å²) < 4.78 is 0. The Balaban J connectivity index is 1.67. The maximum atomic E-state index is 5.92. The predicted octanol–water partition coefficient (Wildman–Crippen LogP) is 1.63. The molecular weight excluding hydrogens is 250 g/mol. The van der Waals surface area contributed by atoms with E-state index in [0.29, 0.717) is 6.04 Å². The fourth-order valence-corrected chi connectivity index (χ4v) is 2.62. The van der Waals surface area contributed by atoms with Gasteiger partial charge in [-0.05, 0) is 25.3 Å². The molecule has 3 rings (SSSR count). The molecule has 0 unspecified atom stereocenters. The van der Waals surface area contributed by atoms with E-state index in [9.17, 15) is 0 Å². The molecule has 1 saturated heterocycles. The second-order valence-electron chi connectivity index (χ2n) is 5.57. The van der Waals surface area contributed by atoms with Gasteiger partial charge in [0.1, 0.15) is 5.82 Å². The van der Waals surface area contributed by atoms with Crippen LogP contribution in [0.3, 0.4) is 0 Å². The zero-order chi connectivity index (χ0) is 13.9. The molecule has 1 aliphatic heterocycles. The van der Waals surface area contributed by atoms with Crippen molar-refractivity contribution in [1.29, 1.82) is 0 Å². The summed E-state index contributed by atoms with van der Waals surface area (Å²) in [5.74, 6) is 1.72. The molecule has 0 radical (unpaired) electrons. The van der Waals surface area contributed by atoms with Gasteiger partial charge in [0.2, 0.25) is 5.95 Å². The molecule has 1 aromatic heterocycles. The third kappa shape index (κ3) is 2.99. The summed E-state index contributed by atoms with van der Waals surface area (Å²) in [7, 11) is 0. The first-order valence-electron chi connectivity index (χ1n) is 7.18. The van der Waals surface area contributed by atoms with E-state index in [1.807, 2.05) is 0 Å². The van der Waals surface area contributed by atoms with E-state index in [1.54, 1.807) is 0 Å². The molecule has 106 valence electrons. The van der Waals surface area contributed by atoms with E-state index >= 15 is 0 Å². The van der Waals surface area contributed by atoms with Crippen LogP contribution >= 0.6 is 0 Å². The molecule has 5 nitrogen and oxygen atoms in total. The summed E-state index contributed by atoms with van der Waals surface area (Å²) in [6.07, 6.45) is 2.82. The Labute approximate surface area is 119 Å². The molecule has 3 N–H and O–H groups in total. The topological polar surface area (TPSA) is 70.8 Å². The SMILES string of the molecule is Cc1cccc(Cc2nc(N3CCC(N)CC3)n[nH]2)c1. The number of aryl methyl sites for hydroxylation is 1. The van der Waals surface area contributed by atoms with E-state index in [4.69, 9.17) is 5.73 Å². The Morgan fingerprint density at radius 3 is 2.90 bits per heavy atom. The van der Waals surface area contributed by atoms with Gasteiger partial charge >= 0.3 is 0 Å². The van der Waals surface area contributed by atoms with Crippen LogP contribution < -0.4 is 10.6 Å². The quantitative estimate of drug-likeness (QED) is 0.890. The maximum absolute atomic E-state index is 5.92. The number of H-pyrrole nitrogens is 1. The zero-order valence-electron chi connectivity index (χ0n) is 11.8. The van der Waals surface area contributed by atoms with Crippen molar-refractivity contribution in [2.45, 2.75) is 32.2 Å². The number of nitrogens with two attached hydrogens (primary N) is 1. The van der Waals surface area contributed by atoms with E-state index in [2.05, 4.69) is 51.3 Å². The fraction of sp³-hybridized carbons (Fsp3) is 0.467. The Hall–Kier alpha value is -1.88. The van der Waals surface area contributed by atoms with Crippen molar-refractivity contribution in [3.8, 4) is 0 Å². The van der Waals surface area contributed by atoms with Crippen LogP contribution in [-0.2, 0) is 6.42 Å². The standard InChI is InChI=1S/C15H21N5/c1-11-3-2-4-12(9-11)10-14-17-15(19-18-14)20-7-5-13(16)6-8-20/h2-4,9,13H,5-8,10,16H2,1H3,(H,17,18,19). The molecule has 0 amide bonds. The highest BCUT2D eigenvalue weighted by atomic mass is 15.4. The van der Waals surface area contributed by atoms with Crippen molar-refractivity contribution in [2.24, 2.45) is 5.73 Å². The van der Waals surface area contributed by atoms with Crippen LogP contribution in [0.15, 0.2) is 24.3 Å². The predicted molar refractivity (Wildman–Crippen MR) is 79.8 cm³/mol. The first kappa shape index (κ1) is 13.1. The largest absolute Gasteiger partial charge is 0.339 e. The molecule has 0 atom stereocenters. The van der Waals surface area contributed by atoms with Gasteiger partial charge in [0, 0.05) is 25.6 Å². The van der Waals surface area contributed by atoms with Gasteiger partial charge in [-0.3, -0.25) is 5.10 Å². The van der Waals surface area contributed by atoms with Crippen molar-refractivity contribution in [1.82, 2.24) is 15.2 Å². The van der Waals surface area contributed by atoms with Crippen LogP contribution in [0.25, 0.3) is 0 Å². The van der Waals surface area contributed by atoms with Crippen molar-refractivity contribution < 1.29 is 0 Å². The summed E-state index contributed by atoms with van der Waals surface area (Å²) in [6.45, 7) is 4.00. The average molecular weight is 271 g/mol. The van der Waals surface area contributed by atoms with E-state index in [-0.39, 0.29) is 0 Å². The van der Waals surface area contributed by atoms with Gasteiger partial charge in [0.25, 0.3) is 0 Å². The number of nitrogens with zero attached hydrogens (tertiary/aromatic N) is 3. The molecule has 2 aromatic rings. The minimum Gasteiger partial charge on any atom is -0.339 e. The lowest BCUT2D eigenvalue weighted by molar-refractivity contribution is 0.496. The lowest BCUT2D eigenvalue weighted by atomic mass is 10.1. The normalized spacial score (nSPS) is 16.6. The van der Waals surface area contributed by atoms with Crippen LogP contribution in [0.5, 0.6) is 0 Å². The van der Waals surface area contributed by atoms with Gasteiger partial charge < -0.3 is 10.6 Å². The van der Waals surface area contributed by atoms with Crippen LogP contribution in [-0.4, -0.2) is 34.3 Å². The number of aromatic nitrogens is 3. The third-order valence-corrected chi connectivity index (χ3v) is 3.80. The highest BCUT2D eigenvalue weighted by molar-refractivity contribution is 5.31. The van der Waals surface area contributed by atoms with Gasteiger partial charge in [0.15, 0.2) is 0 Å². The summed E-state index contributed by atoms with van der Waals surface area (Å²) in [6, 6.07) is 8.81. The molecule has 0 bridgehead atoms. The monoisotopic (exact) mass is 271 g/mol. The minimum atomic E-state index is 0.331. The first-order chi connectivity index (χ1) is 9.70. The lowest BCUT2D eigenvalue weighted by Gasteiger charge is -2.28. The van der Waals surface area contributed by atoms with E-state index < -0.39 is 0 Å². The number of hydrogen-bond donors (Lipinski definition) is 2. The van der Waals surface area contributed by atoms with E-state index in [1.165, 1.54) is 11.1 Å². The number of hydrogen-bond acceptors (Lipinski definition) is 4. The molecule has 1 aliphatic rings. The molecule has 0 saturated carbocycles. The Kier molecular flexibility index (Phi) is 3.69. The van der Waals surface area contributed by atoms with Gasteiger partial charge in [-0.2, -0.15) is 4.98 Å². The second kappa shape index (κ2) is 5.63. The summed E-state index contributed by atoms with van der Waals surface area (Å²) >= 11 is 0. The Bertz CT molecular complexity index is 569. The Morgan fingerprint density at radius 1 is 1.35 bits per heavy atom. The van der Waals surface area contributed by atoms with Gasteiger partial charge in [-0.1, -0.05) is 29.8 Å². The average Bonchev–Trinajstić information content (AvgIpc) is 2.88. The molecule has 5 heteroatoms. The number of nitrogens with one attached hydrogen (secondary N) is 1. The number of benzene rings is 1. The Morgan fingerprint density at radius 2 is 2.15 bits per heavy atom. The highest BCUT2D eigenvalue weighted by Crippen LogP contribution is 2.16. The van der Waals surface area contributed by atoms with Crippen LogP contribution in [0.2, 0.25) is 0 Å². The van der Waals surface area contributed by atoms with Crippen LogP contribution in [0.1, 0.15) is 29.8 Å². The summed E-state index contributed by atoms with van der Waals surface area (Å²) in [5.41, 5.74) is 8.45. The second-order valence-corrected chi connectivity index (χ2v) is 5.57. The third-order valence-electron chi connectivity index (χ3n) is 3.80. The molecular formula is C15H21N5. The molecule has 0 spiro atoms. The van der Waals surface area contributed by atoms with Crippen molar-refractivity contribution in [3.63, 3.8) is 0 Å². The van der Waals surface area contributed by atoms with Crippen LogP contribution in [0, 0.1) is 6.92 Å². The molecule has 1 fully saturated rings. The lowest BCUT2D eigenvalue weighted by Crippen LogP contribution is -2.40. The number of aromatic amines is 1. The number of rotatable bonds is 3. The molecule has 2 heterocycles. The van der Waals surface area contributed by atoms with Gasteiger partial charge in [0.05, 0.1) is 0 Å². The number of piperidine rings is 1. The van der Waals surface area contributed by atoms with Crippen molar-refractivity contribution in [2.75, 3.05) is 18.0 Å². The summed E-state index contributed by atoms with van der Waals surface area (Å²) in [4.78, 5) is 6.81. The van der Waals surface area contributed by atoms with Gasteiger partial charge in [-0.25, -0.2) is 0 Å². The molecule has 0 aliphatic carbocycles. The van der Waals surface area contributed by atoms with E-state index in [0.717, 1.165) is 44.1 Å². The maximum Gasteiger partial charge on any atom is 0.244 e. The highest BCUT2D eigenvalue weighted by Gasteiger charge is 2.19. The van der Waals surface area contributed by atoms with Gasteiger partial charge in [-0.15, -0.1) is 5.10 Å². The smallest absolute Gasteiger partial charge is 0.244 e. The van der Waals surface area contributed by atoms with Crippen LogP contribution in [0.4, 0.5) is 5.95 Å².